The van der Waals surface area contributed by atoms with E-state index in [2.05, 4.69) is 19.2 Å². The summed E-state index contributed by atoms with van der Waals surface area (Å²) in [4.78, 5) is 14.7. The molecule has 0 saturated carbocycles. The van der Waals surface area contributed by atoms with Gasteiger partial charge in [-0.05, 0) is 49.6 Å². The van der Waals surface area contributed by atoms with Crippen molar-refractivity contribution in [2.24, 2.45) is 5.92 Å². The number of nitrogens with zero attached hydrogens (tertiary/aromatic N) is 1. The van der Waals surface area contributed by atoms with Gasteiger partial charge >= 0.3 is 0 Å². The molecule has 1 fully saturated rings. The minimum atomic E-state index is 0.111. The number of hydrogen-bond donors (Lipinski definition) is 1. The van der Waals surface area contributed by atoms with E-state index < -0.39 is 0 Å². The molecule has 0 aromatic heterocycles. The molecule has 1 saturated heterocycles. The molecule has 1 N–H and O–H groups in total. The Bertz CT molecular complexity index is 450. The lowest BCUT2D eigenvalue weighted by Gasteiger charge is -2.27. The van der Waals surface area contributed by atoms with Gasteiger partial charge in [-0.25, -0.2) is 0 Å². The van der Waals surface area contributed by atoms with E-state index in [1.807, 2.05) is 29.2 Å². The molecule has 4 nitrogen and oxygen atoms in total. The van der Waals surface area contributed by atoms with Gasteiger partial charge in [0.25, 0.3) is 5.91 Å². The van der Waals surface area contributed by atoms with Crippen LogP contribution in [0.1, 0.15) is 37.0 Å². The topological polar surface area (TPSA) is 41.6 Å². The second-order valence-corrected chi connectivity index (χ2v) is 6.13. The van der Waals surface area contributed by atoms with Crippen LogP contribution < -0.4 is 10.1 Å². The third-order valence-electron chi connectivity index (χ3n) is 3.81. The molecule has 116 valence electrons. The number of hydrogen-bond acceptors (Lipinski definition) is 3. The quantitative estimate of drug-likeness (QED) is 0.875. The van der Waals surface area contributed by atoms with Crippen molar-refractivity contribution >= 4 is 5.91 Å². The number of benzene rings is 1. The second kappa shape index (κ2) is 7.46. The maximum absolute atomic E-state index is 12.7. The van der Waals surface area contributed by atoms with Gasteiger partial charge in [0.1, 0.15) is 5.75 Å². The Kier molecular flexibility index (Phi) is 5.62. The second-order valence-electron chi connectivity index (χ2n) is 6.13. The Hall–Kier alpha value is -1.55. The molecule has 2 rings (SSSR count). The predicted molar refractivity (Wildman–Crippen MR) is 84.8 cm³/mol. The normalized spacial score (nSPS) is 18.0. The molecule has 1 amide bonds. The van der Waals surface area contributed by atoms with Crippen molar-refractivity contribution in [3.63, 3.8) is 0 Å². The number of carbonyl (C=O) groups excluding carboxylic acids is 1. The highest BCUT2D eigenvalue weighted by Crippen LogP contribution is 2.15. The average Bonchev–Trinajstić information content (AvgIpc) is 2.98. The summed E-state index contributed by atoms with van der Waals surface area (Å²) < 4.78 is 5.15. The van der Waals surface area contributed by atoms with Gasteiger partial charge in [-0.2, -0.15) is 0 Å². The third-order valence-corrected chi connectivity index (χ3v) is 3.81. The van der Waals surface area contributed by atoms with E-state index in [4.69, 9.17) is 4.74 Å². The molecule has 1 aliphatic heterocycles. The van der Waals surface area contributed by atoms with E-state index in [1.54, 1.807) is 7.11 Å². The van der Waals surface area contributed by atoms with Gasteiger partial charge in [0.2, 0.25) is 0 Å². The highest BCUT2D eigenvalue weighted by atomic mass is 16.5. The summed E-state index contributed by atoms with van der Waals surface area (Å²) in [5.41, 5.74) is 0.731. The van der Waals surface area contributed by atoms with Crippen LogP contribution >= 0.6 is 0 Å². The lowest BCUT2D eigenvalue weighted by molar-refractivity contribution is 0.0721. The maximum atomic E-state index is 12.7. The van der Waals surface area contributed by atoms with Gasteiger partial charge < -0.3 is 15.0 Å². The van der Waals surface area contributed by atoms with Gasteiger partial charge in [0, 0.05) is 24.7 Å². The first-order chi connectivity index (χ1) is 10.1. The number of nitrogens with one attached hydrogen (secondary N) is 1. The van der Waals surface area contributed by atoms with Crippen LogP contribution in [0.25, 0.3) is 0 Å². The van der Waals surface area contributed by atoms with Crippen LogP contribution in [0.4, 0.5) is 0 Å². The van der Waals surface area contributed by atoms with Crippen LogP contribution in [-0.2, 0) is 0 Å². The number of ether oxygens (including phenoxy) is 1. The van der Waals surface area contributed by atoms with Gasteiger partial charge in [-0.1, -0.05) is 13.8 Å². The van der Waals surface area contributed by atoms with Gasteiger partial charge in [-0.15, -0.1) is 0 Å². The molecule has 1 aromatic carbocycles. The smallest absolute Gasteiger partial charge is 0.253 e. The number of methoxy groups -OCH3 is 1. The van der Waals surface area contributed by atoms with Crippen molar-refractivity contribution < 1.29 is 9.53 Å². The van der Waals surface area contributed by atoms with E-state index in [1.165, 1.54) is 6.42 Å². The van der Waals surface area contributed by atoms with Crippen LogP contribution in [-0.4, -0.2) is 43.6 Å². The first-order valence-electron chi connectivity index (χ1n) is 7.77. The Morgan fingerprint density at radius 3 is 2.62 bits per heavy atom. The Balaban J connectivity index is 2.07. The molecule has 0 radical (unpaired) electrons. The number of amides is 1. The van der Waals surface area contributed by atoms with Crippen molar-refractivity contribution in [2.75, 3.05) is 26.7 Å². The lowest BCUT2D eigenvalue weighted by Crippen LogP contribution is -2.42. The van der Waals surface area contributed by atoms with Crippen LogP contribution in [0.2, 0.25) is 0 Å². The van der Waals surface area contributed by atoms with Crippen LogP contribution in [0.3, 0.4) is 0 Å². The predicted octanol–water partition coefficient (Wildman–Crippen LogP) is 2.55. The van der Waals surface area contributed by atoms with Crippen molar-refractivity contribution in [1.29, 1.82) is 0 Å². The highest BCUT2D eigenvalue weighted by Gasteiger charge is 2.23. The summed E-state index contributed by atoms with van der Waals surface area (Å²) in [6, 6.07) is 7.81. The zero-order chi connectivity index (χ0) is 15.2. The monoisotopic (exact) mass is 290 g/mol. The molecule has 1 heterocycles. The molecule has 4 heteroatoms. The standard InChI is InChI=1S/C17H26N2O2/c1-13(2)11-19(12-15-5-4-10-18-15)17(20)14-6-8-16(21-3)9-7-14/h6-9,13,15,18H,4-5,10-12H2,1-3H3. The van der Waals surface area contributed by atoms with E-state index in [9.17, 15) is 4.79 Å². The van der Waals surface area contributed by atoms with Crippen LogP contribution in [0.5, 0.6) is 5.75 Å². The minimum Gasteiger partial charge on any atom is -0.497 e. The molecule has 1 aliphatic rings. The van der Waals surface area contributed by atoms with Crippen molar-refractivity contribution in [3.05, 3.63) is 29.8 Å². The summed E-state index contributed by atoms with van der Waals surface area (Å²) in [6.45, 7) is 6.95. The van der Waals surface area contributed by atoms with E-state index in [0.717, 1.165) is 37.4 Å². The van der Waals surface area contributed by atoms with Crippen molar-refractivity contribution in [2.45, 2.75) is 32.7 Å². The first kappa shape index (κ1) is 15.8. The fourth-order valence-electron chi connectivity index (χ4n) is 2.78. The molecule has 1 aromatic rings. The van der Waals surface area contributed by atoms with Gasteiger partial charge in [0.05, 0.1) is 7.11 Å². The summed E-state index contributed by atoms with van der Waals surface area (Å²) >= 11 is 0. The van der Waals surface area contributed by atoms with Gasteiger partial charge in [0.15, 0.2) is 0 Å². The molecule has 0 bridgehead atoms. The molecule has 0 aliphatic carbocycles. The van der Waals surface area contributed by atoms with Crippen LogP contribution in [0.15, 0.2) is 24.3 Å². The van der Waals surface area contributed by atoms with Crippen LogP contribution in [0, 0.1) is 5.92 Å². The molecular formula is C17H26N2O2. The SMILES string of the molecule is COc1ccc(C(=O)N(CC(C)C)CC2CCCN2)cc1. The largest absolute Gasteiger partial charge is 0.497 e. The number of carbonyl (C=O) groups is 1. The molecule has 1 unspecified atom stereocenters. The Morgan fingerprint density at radius 2 is 2.10 bits per heavy atom. The molecule has 21 heavy (non-hydrogen) atoms. The molecule has 1 atom stereocenters. The summed E-state index contributed by atoms with van der Waals surface area (Å²) in [5.74, 6) is 1.35. The summed E-state index contributed by atoms with van der Waals surface area (Å²) in [5, 5.41) is 3.47. The maximum Gasteiger partial charge on any atom is 0.253 e. The zero-order valence-electron chi connectivity index (χ0n) is 13.3. The van der Waals surface area contributed by atoms with E-state index in [-0.39, 0.29) is 5.91 Å². The lowest BCUT2D eigenvalue weighted by atomic mass is 10.1. The zero-order valence-corrected chi connectivity index (χ0v) is 13.3. The Morgan fingerprint density at radius 1 is 1.38 bits per heavy atom. The fourth-order valence-corrected chi connectivity index (χ4v) is 2.78. The highest BCUT2D eigenvalue weighted by molar-refractivity contribution is 5.94. The number of rotatable bonds is 6. The van der Waals surface area contributed by atoms with E-state index >= 15 is 0 Å². The van der Waals surface area contributed by atoms with Crippen molar-refractivity contribution in [1.82, 2.24) is 10.2 Å². The minimum absolute atomic E-state index is 0.111. The van der Waals surface area contributed by atoms with Crippen molar-refractivity contribution in [3.8, 4) is 5.75 Å². The molecular weight excluding hydrogens is 264 g/mol. The van der Waals surface area contributed by atoms with Gasteiger partial charge in [-0.3, -0.25) is 4.79 Å². The fraction of sp³-hybridized carbons (Fsp3) is 0.588. The molecule has 0 spiro atoms. The Labute approximate surface area is 127 Å². The third kappa shape index (κ3) is 4.46. The van der Waals surface area contributed by atoms with E-state index in [0.29, 0.717) is 12.0 Å². The summed E-state index contributed by atoms with van der Waals surface area (Å²) in [6.07, 6.45) is 2.36. The first-order valence-corrected chi connectivity index (χ1v) is 7.77. The average molecular weight is 290 g/mol. The summed E-state index contributed by atoms with van der Waals surface area (Å²) in [7, 11) is 1.63.